The van der Waals surface area contributed by atoms with Crippen molar-refractivity contribution in [1.82, 2.24) is 14.8 Å². The molecule has 0 spiro atoms. The summed E-state index contributed by atoms with van der Waals surface area (Å²) in [7, 11) is 0. The van der Waals surface area contributed by atoms with E-state index in [2.05, 4.69) is 27.4 Å². The van der Waals surface area contributed by atoms with Gasteiger partial charge < -0.3 is 15.2 Å². The number of benzene rings is 2. The maximum atomic E-state index is 12.6. The molecule has 0 unspecified atom stereocenters. The topological polar surface area (TPSA) is 132 Å². The van der Waals surface area contributed by atoms with Gasteiger partial charge >= 0.3 is 0 Å². The molecule has 0 fully saturated rings. The van der Waals surface area contributed by atoms with Gasteiger partial charge in [0.1, 0.15) is 5.82 Å². The predicted octanol–water partition coefficient (Wildman–Crippen LogP) is 4.21. The SMILES string of the molecule is C=CCn1c(CC(=O)Nc2ccc(C)cc2C)nnc1SCC(=O)Nc1ccc(C)c([N+](=O)[O-])c1. The van der Waals surface area contributed by atoms with E-state index in [1.807, 2.05) is 32.0 Å². The van der Waals surface area contributed by atoms with Crippen LogP contribution in [0.1, 0.15) is 22.5 Å². The summed E-state index contributed by atoms with van der Waals surface area (Å²) < 4.78 is 1.73. The summed E-state index contributed by atoms with van der Waals surface area (Å²) in [5, 5.41) is 25.4. The van der Waals surface area contributed by atoms with Gasteiger partial charge in [-0.1, -0.05) is 41.6 Å². The molecule has 2 amide bonds. The fraction of sp³-hybridized carbons (Fsp3) is 0.250. The van der Waals surface area contributed by atoms with Crippen LogP contribution in [0.2, 0.25) is 0 Å². The van der Waals surface area contributed by atoms with Crippen molar-refractivity contribution in [3.05, 3.63) is 81.7 Å². The minimum absolute atomic E-state index is 0.00566. The van der Waals surface area contributed by atoms with Crippen molar-refractivity contribution in [2.75, 3.05) is 16.4 Å². The smallest absolute Gasteiger partial charge is 0.274 e. The lowest BCUT2D eigenvalue weighted by atomic mass is 10.1. The number of hydrogen-bond donors (Lipinski definition) is 2. The first-order valence-corrected chi connectivity index (χ1v) is 11.7. The largest absolute Gasteiger partial charge is 0.325 e. The number of rotatable bonds is 10. The third-order valence-corrected chi connectivity index (χ3v) is 6.07. The Hall–Kier alpha value is -3.99. The molecule has 0 saturated heterocycles. The standard InChI is InChI=1S/C24H26N6O4S/c1-5-10-29-21(13-22(31)26-19-9-6-15(2)11-17(19)4)27-28-24(29)35-14-23(32)25-18-8-7-16(3)20(12-18)30(33)34/h5-9,11-12H,1,10,13-14H2,2-4H3,(H,25,32)(H,26,31). The molecule has 0 aliphatic carbocycles. The Kier molecular flexibility index (Phi) is 8.37. The molecule has 1 aromatic heterocycles. The molecule has 2 aromatic carbocycles. The predicted molar refractivity (Wildman–Crippen MR) is 136 cm³/mol. The van der Waals surface area contributed by atoms with E-state index in [1.54, 1.807) is 29.7 Å². The molecule has 0 aliphatic heterocycles. The fourth-order valence-corrected chi connectivity index (χ4v) is 4.14. The lowest BCUT2D eigenvalue weighted by molar-refractivity contribution is -0.385. The zero-order valence-corrected chi connectivity index (χ0v) is 20.5. The maximum Gasteiger partial charge on any atom is 0.274 e. The number of carbonyl (C=O) groups is 2. The van der Waals surface area contributed by atoms with Gasteiger partial charge in [-0.2, -0.15) is 0 Å². The number of aryl methyl sites for hydroxylation is 3. The van der Waals surface area contributed by atoms with E-state index in [1.165, 1.54) is 6.07 Å². The Morgan fingerprint density at radius 3 is 2.54 bits per heavy atom. The number of hydrogen-bond acceptors (Lipinski definition) is 7. The second kappa shape index (κ2) is 11.4. The van der Waals surface area contributed by atoms with Gasteiger partial charge in [-0.25, -0.2) is 0 Å². The number of anilines is 2. The summed E-state index contributed by atoms with van der Waals surface area (Å²) in [5.41, 5.74) is 3.59. The number of nitrogens with one attached hydrogen (secondary N) is 2. The Labute approximate surface area is 207 Å². The van der Waals surface area contributed by atoms with E-state index in [9.17, 15) is 19.7 Å². The van der Waals surface area contributed by atoms with E-state index in [4.69, 9.17) is 0 Å². The molecule has 0 atom stereocenters. The average Bonchev–Trinajstić information content (AvgIpc) is 3.16. The minimum Gasteiger partial charge on any atom is -0.325 e. The Morgan fingerprint density at radius 1 is 1.09 bits per heavy atom. The Balaban J connectivity index is 1.64. The van der Waals surface area contributed by atoms with Crippen LogP contribution in [-0.2, 0) is 22.6 Å². The van der Waals surface area contributed by atoms with Gasteiger partial charge in [-0.05, 0) is 38.5 Å². The second-order valence-corrected chi connectivity index (χ2v) is 8.88. The van der Waals surface area contributed by atoms with Gasteiger partial charge in [0.15, 0.2) is 5.16 Å². The van der Waals surface area contributed by atoms with Crippen LogP contribution in [0.3, 0.4) is 0 Å². The summed E-state index contributed by atoms with van der Waals surface area (Å²) in [6, 6.07) is 10.3. The van der Waals surface area contributed by atoms with Gasteiger partial charge in [0.25, 0.3) is 5.69 Å². The first kappa shape index (κ1) is 25.6. The summed E-state index contributed by atoms with van der Waals surface area (Å²) in [6.45, 7) is 9.66. The van der Waals surface area contributed by atoms with Gasteiger partial charge in [-0.15, -0.1) is 16.8 Å². The summed E-state index contributed by atoms with van der Waals surface area (Å²) in [6.07, 6.45) is 1.67. The minimum atomic E-state index is -0.491. The monoisotopic (exact) mass is 494 g/mol. The van der Waals surface area contributed by atoms with E-state index >= 15 is 0 Å². The number of thioether (sulfide) groups is 1. The number of amides is 2. The van der Waals surface area contributed by atoms with Gasteiger partial charge in [0.2, 0.25) is 11.8 Å². The average molecular weight is 495 g/mol. The lowest BCUT2D eigenvalue weighted by Crippen LogP contribution is -2.18. The summed E-state index contributed by atoms with van der Waals surface area (Å²) in [4.78, 5) is 35.7. The third-order valence-electron chi connectivity index (χ3n) is 5.10. The second-order valence-electron chi connectivity index (χ2n) is 7.94. The van der Waals surface area contributed by atoms with Crippen molar-refractivity contribution < 1.29 is 14.5 Å². The third kappa shape index (κ3) is 6.76. The summed E-state index contributed by atoms with van der Waals surface area (Å²) >= 11 is 1.15. The Bertz CT molecular complexity index is 1290. The highest BCUT2D eigenvalue weighted by Crippen LogP contribution is 2.23. The highest BCUT2D eigenvalue weighted by atomic mass is 32.2. The normalized spacial score (nSPS) is 10.6. The number of carbonyl (C=O) groups excluding carboxylic acids is 2. The fourth-order valence-electron chi connectivity index (χ4n) is 3.37. The van der Waals surface area contributed by atoms with Crippen molar-refractivity contribution in [2.45, 2.75) is 38.9 Å². The highest BCUT2D eigenvalue weighted by Gasteiger charge is 2.18. The zero-order valence-electron chi connectivity index (χ0n) is 19.7. The maximum absolute atomic E-state index is 12.6. The van der Waals surface area contributed by atoms with Gasteiger partial charge in [0, 0.05) is 29.5 Å². The zero-order chi connectivity index (χ0) is 25.5. The van der Waals surface area contributed by atoms with Crippen LogP contribution < -0.4 is 10.6 Å². The molecular weight excluding hydrogens is 468 g/mol. The van der Waals surface area contributed by atoms with E-state index in [0.29, 0.717) is 28.8 Å². The van der Waals surface area contributed by atoms with Crippen LogP contribution >= 0.6 is 11.8 Å². The summed E-state index contributed by atoms with van der Waals surface area (Å²) in [5.74, 6) is -0.129. The quantitative estimate of drug-likeness (QED) is 0.187. The molecule has 182 valence electrons. The molecule has 0 bridgehead atoms. The highest BCUT2D eigenvalue weighted by molar-refractivity contribution is 7.99. The van der Waals surface area contributed by atoms with Crippen LogP contribution in [-0.4, -0.2) is 37.3 Å². The molecule has 3 aromatic rings. The lowest BCUT2D eigenvalue weighted by Gasteiger charge is -2.10. The van der Waals surface area contributed by atoms with Crippen molar-refractivity contribution in [1.29, 1.82) is 0 Å². The van der Waals surface area contributed by atoms with Crippen LogP contribution in [0.4, 0.5) is 17.1 Å². The molecule has 35 heavy (non-hydrogen) atoms. The number of aromatic nitrogens is 3. The van der Waals surface area contributed by atoms with Gasteiger partial charge in [-0.3, -0.25) is 19.7 Å². The number of nitro groups is 1. The molecule has 10 nitrogen and oxygen atoms in total. The molecule has 2 N–H and O–H groups in total. The molecule has 0 radical (unpaired) electrons. The van der Waals surface area contributed by atoms with E-state index < -0.39 is 4.92 Å². The molecule has 11 heteroatoms. The van der Waals surface area contributed by atoms with Crippen LogP contribution in [0.25, 0.3) is 0 Å². The number of nitrogens with zero attached hydrogens (tertiary/aromatic N) is 4. The molecule has 0 saturated carbocycles. The van der Waals surface area contributed by atoms with E-state index in [0.717, 1.165) is 28.6 Å². The molecule has 1 heterocycles. The van der Waals surface area contributed by atoms with Crippen LogP contribution in [0.5, 0.6) is 0 Å². The molecule has 0 aliphatic rings. The van der Waals surface area contributed by atoms with Gasteiger partial charge in [0.05, 0.1) is 17.1 Å². The van der Waals surface area contributed by atoms with Crippen molar-refractivity contribution in [2.24, 2.45) is 0 Å². The van der Waals surface area contributed by atoms with Crippen molar-refractivity contribution >= 4 is 40.6 Å². The first-order valence-electron chi connectivity index (χ1n) is 10.8. The number of allylic oxidation sites excluding steroid dienone is 1. The van der Waals surface area contributed by atoms with Crippen molar-refractivity contribution in [3.63, 3.8) is 0 Å². The molecular formula is C24H26N6O4S. The van der Waals surface area contributed by atoms with Crippen LogP contribution in [0.15, 0.2) is 54.2 Å². The molecule has 3 rings (SSSR count). The number of nitro benzene ring substituents is 1. The van der Waals surface area contributed by atoms with Crippen molar-refractivity contribution in [3.8, 4) is 0 Å². The first-order chi connectivity index (χ1) is 16.7. The van der Waals surface area contributed by atoms with E-state index in [-0.39, 0.29) is 29.7 Å². The Morgan fingerprint density at radius 2 is 1.86 bits per heavy atom. The van der Waals surface area contributed by atoms with Crippen LogP contribution in [0, 0.1) is 30.9 Å².